The van der Waals surface area contributed by atoms with Crippen LogP contribution < -0.4 is 11.1 Å². The highest BCUT2D eigenvalue weighted by Crippen LogP contribution is 2.04. The van der Waals surface area contributed by atoms with Crippen molar-refractivity contribution < 1.29 is 9.53 Å². The Morgan fingerprint density at radius 1 is 1.50 bits per heavy atom. The molecule has 0 aromatic carbocycles. The zero-order chi connectivity index (χ0) is 11.1. The van der Waals surface area contributed by atoms with Gasteiger partial charge in [-0.05, 0) is 12.8 Å². The molecular formula is C10H22N2O2. The van der Waals surface area contributed by atoms with E-state index in [1.165, 1.54) is 0 Å². The van der Waals surface area contributed by atoms with Crippen LogP contribution >= 0.6 is 0 Å². The number of ether oxygens (including phenoxy) is 1. The van der Waals surface area contributed by atoms with Gasteiger partial charge >= 0.3 is 0 Å². The summed E-state index contributed by atoms with van der Waals surface area (Å²) in [7, 11) is 1.62. The minimum atomic E-state index is -0.413. The van der Waals surface area contributed by atoms with Crippen LogP contribution in [0.4, 0.5) is 0 Å². The van der Waals surface area contributed by atoms with Crippen LogP contribution in [0, 0.1) is 5.92 Å². The van der Waals surface area contributed by atoms with E-state index in [-0.39, 0.29) is 17.9 Å². The third-order valence-corrected chi connectivity index (χ3v) is 2.53. The van der Waals surface area contributed by atoms with Crippen LogP contribution in [0.3, 0.4) is 0 Å². The Morgan fingerprint density at radius 2 is 2.07 bits per heavy atom. The van der Waals surface area contributed by atoms with Crippen LogP contribution in [0.1, 0.15) is 27.2 Å². The van der Waals surface area contributed by atoms with E-state index >= 15 is 0 Å². The summed E-state index contributed by atoms with van der Waals surface area (Å²) >= 11 is 0. The minimum absolute atomic E-state index is 0.0306. The molecule has 0 aliphatic rings. The summed E-state index contributed by atoms with van der Waals surface area (Å²) in [6.45, 7) is 6.41. The van der Waals surface area contributed by atoms with Crippen molar-refractivity contribution in [1.29, 1.82) is 0 Å². The van der Waals surface area contributed by atoms with Gasteiger partial charge in [0.1, 0.15) is 0 Å². The lowest BCUT2D eigenvalue weighted by Crippen LogP contribution is -2.46. The molecule has 3 atom stereocenters. The van der Waals surface area contributed by atoms with Crippen LogP contribution in [-0.2, 0) is 9.53 Å². The second-order valence-corrected chi connectivity index (χ2v) is 3.70. The largest absolute Gasteiger partial charge is 0.380 e. The fourth-order valence-electron chi connectivity index (χ4n) is 0.958. The van der Waals surface area contributed by atoms with Gasteiger partial charge in [-0.2, -0.15) is 0 Å². The fraction of sp³-hybridized carbons (Fsp3) is 0.900. The molecule has 0 heterocycles. The Labute approximate surface area is 86.2 Å². The standard InChI is InChI=1S/C10H22N2O2/c1-5-7(2)9(11)10(13)12-6-8(3)14-4/h7-9H,5-6,11H2,1-4H3,(H,12,13). The van der Waals surface area contributed by atoms with Crippen molar-refractivity contribution in [3.05, 3.63) is 0 Å². The first kappa shape index (κ1) is 13.4. The number of amides is 1. The quantitative estimate of drug-likeness (QED) is 0.659. The van der Waals surface area contributed by atoms with Gasteiger partial charge in [-0.15, -0.1) is 0 Å². The van der Waals surface area contributed by atoms with Gasteiger partial charge in [0, 0.05) is 13.7 Å². The molecule has 0 aromatic heterocycles. The van der Waals surface area contributed by atoms with Crippen molar-refractivity contribution in [3.8, 4) is 0 Å². The number of rotatable bonds is 6. The van der Waals surface area contributed by atoms with Gasteiger partial charge in [0.15, 0.2) is 0 Å². The van der Waals surface area contributed by atoms with Crippen molar-refractivity contribution in [2.75, 3.05) is 13.7 Å². The molecule has 3 unspecified atom stereocenters. The first-order chi connectivity index (χ1) is 6.52. The zero-order valence-electron chi connectivity index (χ0n) is 9.54. The van der Waals surface area contributed by atoms with Crippen LogP contribution in [0.5, 0.6) is 0 Å². The van der Waals surface area contributed by atoms with E-state index in [9.17, 15) is 4.79 Å². The number of carbonyl (C=O) groups excluding carboxylic acids is 1. The van der Waals surface area contributed by atoms with E-state index in [0.717, 1.165) is 6.42 Å². The smallest absolute Gasteiger partial charge is 0.237 e. The van der Waals surface area contributed by atoms with Crippen molar-refractivity contribution in [2.24, 2.45) is 11.7 Å². The molecule has 0 saturated heterocycles. The molecular weight excluding hydrogens is 180 g/mol. The fourth-order valence-corrected chi connectivity index (χ4v) is 0.958. The molecule has 0 saturated carbocycles. The van der Waals surface area contributed by atoms with Crippen molar-refractivity contribution in [2.45, 2.75) is 39.3 Å². The Bertz CT molecular complexity index is 174. The monoisotopic (exact) mass is 202 g/mol. The number of nitrogens with two attached hydrogens (primary N) is 1. The average Bonchev–Trinajstić information content (AvgIpc) is 2.22. The van der Waals surface area contributed by atoms with Gasteiger partial charge < -0.3 is 15.8 Å². The van der Waals surface area contributed by atoms with E-state index < -0.39 is 6.04 Å². The van der Waals surface area contributed by atoms with E-state index in [1.54, 1.807) is 7.11 Å². The number of carbonyl (C=O) groups is 1. The Kier molecular flexibility index (Phi) is 6.49. The summed E-state index contributed by atoms with van der Waals surface area (Å²) < 4.78 is 5.01. The molecule has 0 aliphatic heterocycles. The van der Waals surface area contributed by atoms with Gasteiger partial charge in [-0.1, -0.05) is 20.3 Å². The van der Waals surface area contributed by atoms with Gasteiger partial charge in [0.2, 0.25) is 5.91 Å². The third-order valence-electron chi connectivity index (χ3n) is 2.53. The summed E-state index contributed by atoms with van der Waals surface area (Å²) in [6.07, 6.45) is 0.942. The van der Waals surface area contributed by atoms with Gasteiger partial charge in [0.25, 0.3) is 0 Å². The summed E-state index contributed by atoms with van der Waals surface area (Å²) in [5.74, 6) is 0.121. The molecule has 84 valence electrons. The maximum absolute atomic E-state index is 11.5. The normalized spacial score (nSPS) is 17.2. The highest BCUT2D eigenvalue weighted by atomic mass is 16.5. The zero-order valence-corrected chi connectivity index (χ0v) is 9.54. The van der Waals surface area contributed by atoms with Gasteiger partial charge in [-0.25, -0.2) is 0 Å². The van der Waals surface area contributed by atoms with E-state index in [1.807, 2.05) is 20.8 Å². The maximum Gasteiger partial charge on any atom is 0.237 e. The average molecular weight is 202 g/mol. The Morgan fingerprint density at radius 3 is 2.50 bits per heavy atom. The molecule has 0 spiro atoms. The molecule has 0 rings (SSSR count). The molecule has 4 nitrogen and oxygen atoms in total. The predicted molar refractivity (Wildman–Crippen MR) is 56.9 cm³/mol. The van der Waals surface area contributed by atoms with E-state index in [4.69, 9.17) is 10.5 Å². The summed E-state index contributed by atoms with van der Waals surface area (Å²) in [4.78, 5) is 11.5. The van der Waals surface area contributed by atoms with Crippen LogP contribution in [0.2, 0.25) is 0 Å². The van der Waals surface area contributed by atoms with E-state index in [2.05, 4.69) is 5.32 Å². The summed E-state index contributed by atoms with van der Waals surface area (Å²) in [6, 6.07) is -0.413. The minimum Gasteiger partial charge on any atom is -0.380 e. The Hall–Kier alpha value is -0.610. The molecule has 4 heteroatoms. The second kappa shape index (κ2) is 6.79. The topological polar surface area (TPSA) is 64.4 Å². The van der Waals surface area contributed by atoms with Crippen molar-refractivity contribution in [3.63, 3.8) is 0 Å². The number of methoxy groups -OCH3 is 1. The van der Waals surface area contributed by atoms with Crippen molar-refractivity contribution in [1.82, 2.24) is 5.32 Å². The molecule has 0 bridgehead atoms. The Balaban J connectivity index is 3.84. The molecule has 0 aromatic rings. The summed E-state index contributed by atoms with van der Waals surface area (Å²) in [5, 5.41) is 2.76. The first-order valence-corrected chi connectivity index (χ1v) is 5.09. The lowest BCUT2D eigenvalue weighted by Gasteiger charge is -2.19. The number of nitrogens with one attached hydrogen (secondary N) is 1. The van der Waals surface area contributed by atoms with Crippen molar-refractivity contribution >= 4 is 5.91 Å². The molecule has 0 aliphatic carbocycles. The van der Waals surface area contributed by atoms with Gasteiger partial charge in [-0.3, -0.25) is 4.79 Å². The summed E-state index contributed by atoms with van der Waals surface area (Å²) in [5.41, 5.74) is 5.75. The SMILES string of the molecule is CCC(C)C(N)C(=O)NCC(C)OC. The van der Waals surface area contributed by atoms with Crippen LogP contribution in [0.25, 0.3) is 0 Å². The number of hydrogen-bond donors (Lipinski definition) is 2. The highest BCUT2D eigenvalue weighted by Gasteiger charge is 2.19. The third kappa shape index (κ3) is 4.58. The first-order valence-electron chi connectivity index (χ1n) is 5.09. The highest BCUT2D eigenvalue weighted by molar-refractivity contribution is 5.81. The lowest BCUT2D eigenvalue weighted by atomic mass is 9.99. The molecule has 1 amide bonds. The maximum atomic E-state index is 11.5. The molecule has 14 heavy (non-hydrogen) atoms. The van der Waals surface area contributed by atoms with Crippen LogP contribution in [0.15, 0.2) is 0 Å². The van der Waals surface area contributed by atoms with E-state index in [0.29, 0.717) is 6.54 Å². The lowest BCUT2D eigenvalue weighted by molar-refractivity contribution is -0.123. The predicted octanol–water partition coefficient (Wildman–Crippen LogP) is 0.511. The molecule has 0 radical (unpaired) electrons. The molecule has 3 N–H and O–H groups in total. The second-order valence-electron chi connectivity index (χ2n) is 3.70. The molecule has 0 fully saturated rings. The van der Waals surface area contributed by atoms with Gasteiger partial charge in [0.05, 0.1) is 12.1 Å². The van der Waals surface area contributed by atoms with Crippen LogP contribution in [-0.4, -0.2) is 31.7 Å². The number of hydrogen-bond acceptors (Lipinski definition) is 3.